The molecule has 0 aliphatic carbocycles. The van der Waals surface area contributed by atoms with Crippen molar-refractivity contribution < 1.29 is 28.3 Å². The number of carbonyl (C=O) groups excluding carboxylic acids is 2. The number of amides is 2. The summed E-state index contributed by atoms with van der Waals surface area (Å²) in [7, 11) is 4.59. The molecule has 2 aromatic carbocycles. The number of ether oxygens (including phenoxy) is 3. The van der Waals surface area contributed by atoms with Crippen LogP contribution in [-0.2, 0) is 11.2 Å². The van der Waals surface area contributed by atoms with Gasteiger partial charge in [0, 0.05) is 31.5 Å². The highest BCUT2D eigenvalue weighted by Crippen LogP contribution is 2.33. The molecule has 0 saturated carbocycles. The van der Waals surface area contributed by atoms with E-state index in [-0.39, 0.29) is 11.8 Å². The molecular weight excluding hydrogens is 452 g/mol. The van der Waals surface area contributed by atoms with E-state index < -0.39 is 0 Å². The van der Waals surface area contributed by atoms with E-state index in [2.05, 4.69) is 20.8 Å². The standard InChI is InChI=1S/C25H30N4O6/c1-16(30)27-20-15-22(34-4)21(33-3)14-19(20)25(31)26-13-7-5-6-8-23-28-24(29-35-23)17-9-11-18(32-2)12-10-17/h9-12,14-15H,5-8,13H2,1-4H3,(H,26,31)(H,27,30). The minimum absolute atomic E-state index is 0.289. The highest BCUT2D eigenvalue weighted by atomic mass is 16.5. The Balaban J connectivity index is 1.47. The Morgan fingerprint density at radius 3 is 2.31 bits per heavy atom. The number of rotatable bonds is 12. The molecule has 35 heavy (non-hydrogen) atoms. The summed E-state index contributed by atoms with van der Waals surface area (Å²) in [4.78, 5) is 28.7. The highest BCUT2D eigenvalue weighted by Gasteiger charge is 2.17. The summed E-state index contributed by atoms with van der Waals surface area (Å²) < 4.78 is 21.0. The molecule has 186 valence electrons. The third kappa shape index (κ3) is 6.95. The van der Waals surface area contributed by atoms with Crippen molar-refractivity contribution in [3.63, 3.8) is 0 Å². The number of hydrogen-bond acceptors (Lipinski definition) is 8. The highest BCUT2D eigenvalue weighted by molar-refractivity contribution is 6.04. The minimum atomic E-state index is -0.310. The third-order valence-electron chi connectivity index (χ3n) is 5.25. The first-order valence-corrected chi connectivity index (χ1v) is 11.2. The molecule has 0 saturated heterocycles. The van der Waals surface area contributed by atoms with Crippen molar-refractivity contribution in [3.05, 3.63) is 47.9 Å². The van der Waals surface area contributed by atoms with Gasteiger partial charge in [-0.2, -0.15) is 4.98 Å². The number of benzene rings is 2. The number of carbonyl (C=O) groups is 2. The van der Waals surface area contributed by atoms with Crippen LogP contribution in [0.1, 0.15) is 42.4 Å². The molecule has 0 aliphatic heterocycles. The zero-order valence-corrected chi connectivity index (χ0v) is 20.3. The van der Waals surface area contributed by atoms with E-state index in [0.29, 0.717) is 47.4 Å². The number of anilines is 1. The average Bonchev–Trinajstić information content (AvgIpc) is 3.34. The van der Waals surface area contributed by atoms with Gasteiger partial charge in [-0.3, -0.25) is 9.59 Å². The van der Waals surface area contributed by atoms with Gasteiger partial charge in [-0.15, -0.1) is 0 Å². The van der Waals surface area contributed by atoms with E-state index in [1.54, 1.807) is 19.2 Å². The lowest BCUT2D eigenvalue weighted by Crippen LogP contribution is -2.26. The van der Waals surface area contributed by atoms with Gasteiger partial charge in [0.05, 0.1) is 32.6 Å². The molecule has 3 rings (SSSR count). The lowest BCUT2D eigenvalue weighted by molar-refractivity contribution is -0.114. The van der Waals surface area contributed by atoms with E-state index in [9.17, 15) is 9.59 Å². The number of hydrogen-bond donors (Lipinski definition) is 2. The molecule has 0 atom stereocenters. The number of nitrogens with one attached hydrogen (secondary N) is 2. The summed E-state index contributed by atoms with van der Waals surface area (Å²) in [6.45, 7) is 1.86. The molecule has 10 heteroatoms. The van der Waals surface area contributed by atoms with Crippen LogP contribution in [0.3, 0.4) is 0 Å². The van der Waals surface area contributed by atoms with Crippen molar-refractivity contribution in [3.8, 4) is 28.6 Å². The molecule has 0 fully saturated rings. The molecule has 0 bridgehead atoms. The van der Waals surface area contributed by atoms with Gasteiger partial charge in [0.1, 0.15) is 5.75 Å². The van der Waals surface area contributed by atoms with Crippen LogP contribution >= 0.6 is 0 Å². The maximum atomic E-state index is 12.7. The van der Waals surface area contributed by atoms with Crippen molar-refractivity contribution in [1.29, 1.82) is 0 Å². The lowest BCUT2D eigenvalue weighted by Gasteiger charge is -2.15. The first-order chi connectivity index (χ1) is 16.9. The Morgan fingerprint density at radius 2 is 1.66 bits per heavy atom. The number of unbranched alkanes of at least 4 members (excludes halogenated alkanes) is 2. The first-order valence-electron chi connectivity index (χ1n) is 11.2. The molecule has 0 aliphatic rings. The van der Waals surface area contributed by atoms with Crippen LogP contribution < -0.4 is 24.8 Å². The Bertz CT molecular complexity index is 1140. The summed E-state index contributed by atoms with van der Waals surface area (Å²) in [5.41, 5.74) is 1.52. The van der Waals surface area contributed by atoms with Gasteiger partial charge < -0.3 is 29.4 Å². The van der Waals surface area contributed by atoms with Crippen molar-refractivity contribution >= 4 is 17.5 Å². The number of methoxy groups -OCH3 is 3. The molecule has 1 aromatic heterocycles. The SMILES string of the molecule is COc1ccc(-c2noc(CCCCCNC(=O)c3cc(OC)c(OC)cc3NC(C)=O)n2)cc1. The van der Waals surface area contributed by atoms with Crippen molar-refractivity contribution in [1.82, 2.24) is 15.5 Å². The quantitative estimate of drug-likeness (QED) is 0.373. The molecule has 0 unspecified atom stereocenters. The van der Waals surface area contributed by atoms with Crippen LogP contribution in [0.2, 0.25) is 0 Å². The van der Waals surface area contributed by atoms with Crippen LogP contribution in [0.25, 0.3) is 11.4 Å². The number of nitrogens with zero attached hydrogens (tertiary/aromatic N) is 2. The van der Waals surface area contributed by atoms with Crippen LogP contribution in [0.4, 0.5) is 5.69 Å². The largest absolute Gasteiger partial charge is 0.497 e. The summed E-state index contributed by atoms with van der Waals surface area (Å²) in [6, 6.07) is 10.6. The fourth-order valence-corrected chi connectivity index (χ4v) is 3.45. The maximum absolute atomic E-state index is 12.7. The fraction of sp³-hybridized carbons (Fsp3) is 0.360. The Morgan fingerprint density at radius 1 is 0.943 bits per heavy atom. The molecule has 3 aromatic rings. The average molecular weight is 483 g/mol. The predicted octanol–water partition coefficient (Wildman–Crippen LogP) is 3.86. The molecule has 0 spiro atoms. The van der Waals surface area contributed by atoms with Gasteiger partial charge in [0.2, 0.25) is 17.6 Å². The van der Waals surface area contributed by atoms with Crippen molar-refractivity contribution in [2.24, 2.45) is 0 Å². The zero-order valence-electron chi connectivity index (χ0n) is 20.3. The van der Waals surface area contributed by atoms with Gasteiger partial charge in [-0.25, -0.2) is 0 Å². The van der Waals surface area contributed by atoms with E-state index in [4.69, 9.17) is 18.7 Å². The van der Waals surface area contributed by atoms with E-state index in [1.165, 1.54) is 21.1 Å². The van der Waals surface area contributed by atoms with Crippen molar-refractivity contribution in [2.45, 2.75) is 32.6 Å². The van der Waals surface area contributed by atoms with Crippen LogP contribution in [0.15, 0.2) is 40.9 Å². The Hall–Kier alpha value is -4.08. The van der Waals surface area contributed by atoms with Crippen LogP contribution in [0, 0.1) is 0 Å². The second-order valence-electron chi connectivity index (χ2n) is 7.74. The zero-order chi connectivity index (χ0) is 25.2. The second-order valence-corrected chi connectivity index (χ2v) is 7.74. The Labute approximate surface area is 204 Å². The predicted molar refractivity (Wildman–Crippen MR) is 130 cm³/mol. The smallest absolute Gasteiger partial charge is 0.253 e. The Kier molecular flexibility index (Phi) is 9.05. The molecule has 0 radical (unpaired) electrons. The van der Waals surface area contributed by atoms with Gasteiger partial charge in [0.25, 0.3) is 5.91 Å². The second kappa shape index (κ2) is 12.4. The van der Waals surface area contributed by atoms with Crippen molar-refractivity contribution in [2.75, 3.05) is 33.2 Å². The van der Waals surface area contributed by atoms with Gasteiger partial charge >= 0.3 is 0 Å². The fourth-order valence-electron chi connectivity index (χ4n) is 3.45. The minimum Gasteiger partial charge on any atom is -0.497 e. The molecule has 2 amide bonds. The van der Waals surface area contributed by atoms with E-state index >= 15 is 0 Å². The monoisotopic (exact) mass is 482 g/mol. The number of aromatic nitrogens is 2. The van der Waals surface area contributed by atoms with Crippen LogP contribution in [-0.4, -0.2) is 49.8 Å². The van der Waals surface area contributed by atoms with Gasteiger partial charge in [0.15, 0.2) is 11.5 Å². The third-order valence-corrected chi connectivity index (χ3v) is 5.25. The maximum Gasteiger partial charge on any atom is 0.253 e. The van der Waals surface area contributed by atoms with Gasteiger partial charge in [-0.05, 0) is 43.2 Å². The summed E-state index contributed by atoms with van der Waals surface area (Å²) in [5.74, 6) is 2.11. The van der Waals surface area contributed by atoms with Gasteiger partial charge in [-0.1, -0.05) is 11.6 Å². The first kappa shape index (κ1) is 25.5. The molecule has 2 N–H and O–H groups in total. The normalized spacial score (nSPS) is 10.5. The lowest BCUT2D eigenvalue weighted by atomic mass is 10.1. The number of aryl methyl sites for hydroxylation is 1. The topological polar surface area (TPSA) is 125 Å². The van der Waals surface area contributed by atoms with E-state index in [1.807, 2.05) is 24.3 Å². The molecule has 10 nitrogen and oxygen atoms in total. The summed E-state index contributed by atoms with van der Waals surface area (Å²) in [6.07, 6.45) is 3.13. The summed E-state index contributed by atoms with van der Waals surface area (Å²) >= 11 is 0. The molecular formula is C25H30N4O6. The van der Waals surface area contributed by atoms with Crippen LogP contribution in [0.5, 0.6) is 17.2 Å². The van der Waals surface area contributed by atoms with E-state index in [0.717, 1.165) is 30.6 Å². The summed E-state index contributed by atoms with van der Waals surface area (Å²) in [5, 5.41) is 9.59. The molecule has 1 heterocycles.